The van der Waals surface area contributed by atoms with Crippen LogP contribution in [-0.4, -0.2) is 31.0 Å². The second-order valence-corrected chi connectivity index (χ2v) is 7.90. The number of thioether (sulfide) groups is 1. The zero-order chi connectivity index (χ0) is 21.1. The number of aromatic nitrogens is 3. The summed E-state index contributed by atoms with van der Waals surface area (Å²) in [6, 6.07) is 9.28. The van der Waals surface area contributed by atoms with Gasteiger partial charge in [-0.25, -0.2) is 4.79 Å². The number of hydrogen-bond donors (Lipinski definition) is 0. The Morgan fingerprint density at radius 1 is 1.13 bits per heavy atom. The number of nitrogens with zero attached hydrogens (tertiary/aromatic N) is 4. The number of ketones is 1. The number of rotatable bonds is 7. The van der Waals surface area contributed by atoms with Crippen LogP contribution in [0.3, 0.4) is 0 Å². The third-order valence-corrected chi connectivity index (χ3v) is 6.05. The molecule has 1 aromatic carbocycles. The Balaban J connectivity index is 1.53. The van der Waals surface area contributed by atoms with Gasteiger partial charge in [0.25, 0.3) is 5.69 Å². The van der Waals surface area contributed by atoms with Gasteiger partial charge >= 0.3 is 5.69 Å². The highest BCUT2D eigenvalue weighted by Gasteiger charge is 2.23. The highest BCUT2D eigenvalue weighted by molar-refractivity contribution is 8.00. The molecule has 2 aromatic heterocycles. The highest BCUT2D eigenvalue weighted by Crippen LogP contribution is 2.30. The quantitative estimate of drug-likeness (QED) is 0.189. The summed E-state index contributed by atoms with van der Waals surface area (Å²) < 4.78 is 1.71. The van der Waals surface area contributed by atoms with Crippen molar-refractivity contribution >= 4 is 23.2 Å². The number of pyridine rings is 1. The van der Waals surface area contributed by atoms with Crippen LogP contribution in [0.1, 0.15) is 33.6 Å². The summed E-state index contributed by atoms with van der Waals surface area (Å²) in [7, 11) is 0. The fourth-order valence-electron chi connectivity index (χ4n) is 3.53. The largest absolute Gasteiger partial charge is 0.349 e. The molecule has 0 atom stereocenters. The molecular weight excluding hydrogens is 404 g/mol. The SMILES string of the molecule is O=C(CSc1nc(=O)n(Cc2ccncc2)c2c1CCC2)c1ccc([N+](=O)[O-])cc1. The lowest BCUT2D eigenvalue weighted by molar-refractivity contribution is -0.384. The lowest BCUT2D eigenvalue weighted by Crippen LogP contribution is -2.27. The minimum absolute atomic E-state index is 0.0588. The summed E-state index contributed by atoms with van der Waals surface area (Å²) in [5.74, 6) is -0.0465. The lowest BCUT2D eigenvalue weighted by Gasteiger charge is -2.14. The van der Waals surface area contributed by atoms with Gasteiger partial charge in [0.05, 0.1) is 17.2 Å². The van der Waals surface area contributed by atoms with E-state index in [9.17, 15) is 19.7 Å². The van der Waals surface area contributed by atoms with Crippen molar-refractivity contribution in [1.29, 1.82) is 0 Å². The molecule has 0 bridgehead atoms. The van der Waals surface area contributed by atoms with Gasteiger partial charge in [0, 0.05) is 41.3 Å². The molecule has 1 aliphatic carbocycles. The van der Waals surface area contributed by atoms with Crippen molar-refractivity contribution in [2.24, 2.45) is 0 Å². The third-order valence-electron chi connectivity index (χ3n) is 5.03. The molecular formula is C21H18N4O4S. The maximum atomic E-state index is 12.7. The van der Waals surface area contributed by atoms with E-state index in [1.54, 1.807) is 17.0 Å². The first kappa shape index (κ1) is 20.0. The van der Waals surface area contributed by atoms with Crippen LogP contribution in [0.2, 0.25) is 0 Å². The number of nitro groups is 1. The molecule has 30 heavy (non-hydrogen) atoms. The number of non-ortho nitro benzene ring substituents is 1. The number of nitro benzene ring substituents is 1. The van der Waals surface area contributed by atoms with E-state index in [0.29, 0.717) is 17.1 Å². The van der Waals surface area contributed by atoms with Gasteiger partial charge < -0.3 is 0 Å². The van der Waals surface area contributed by atoms with Crippen molar-refractivity contribution in [3.63, 3.8) is 0 Å². The highest BCUT2D eigenvalue weighted by atomic mass is 32.2. The van der Waals surface area contributed by atoms with Gasteiger partial charge in [-0.2, -0.15) is 4.98 Å². The van der Waals surface area contributed by atoms with Gasteiger partial charge in [0.15, 0.2) is 5.78 Å². The Bertz CT molecular complexity index is 1160. The standard InChI is InChI=1S/C21H18N4O4S/c26-19(15-4-6-16(7-5-15)25(28)29)13-30-20-17-2-1-3-18(17)24(21(27)23-20)12-14-8-10-22-11-9-14/h4-11H,1-3,12-13H2. The Labute approximate surface area is 176 Å². The van der Waals surface area contributed by atoms with Crippen molar-refractivity contribution in [2.45, 2.75) is 30.8 Å². The van der Waals surface area contributed by atoms with Crippen LogP contribution in [0.5, 0.6) is 0 Å². The molecule has 3 aromatic rings. The molecule has 8 nitrogen and oxygen atoms in total. The van der Waals surface area contributed by atoms with Gasteiger partial charge in [-0.05, 0) is 49.1 Å². The predicted octanol–water partition coefficient (Wildman–Crippen LogP) is 3.06. The predicted molar refractivity (Wildman–Crippen MR) is 112 cm³/mol. The average Bonchev–Trinajstić information content (AvgIpc) is 3.25. The molecule has 0 unspecified atom stereocenters. The first-order chi connectivity index (χ1) is 14.5. The smallest absolute Gasteiger partial charge is 0.293 e. The summed E-state index contributed by atoms with van der Waals surface area (Å²) in [4.78, 5) is 43.7. The van der Waals surface area contributed by atoms with Crippen LogP contribution in [0.4, 0.5) is 5.69 Å². The van der Waals surface area contributed by atoms with Crippen LogP contribution in [-0.2, 0) is 19.4 Å². The van der Waals surface area contributed by atoms with Gasteiger partial charge in [-0.15, -0.1) is 0 Å². The number of fused-ring (bicyclic) bond motifs is 1. The van der Waals surface area contributed by atoms with E-state index in [2.05, 4.69) is 9.97 Å². The van der Waals surface area contributed by atoms with Gasteiger partial charge in [-0.1, -0.05) is 11.8 Å². The van der Waals surface area contributed by atoms with E-state index in [-0.39, 0.29) is 22.9 Å². The van der Waals surface area contributed by atoms with Crippen LogP contribution in [0.15, 0.2) is 58.6 Å². The molecule has 0 saturated carbocycles. The molecule has 1 aliphatic rings. The monoisotopic (exact) mass is 422 g/mol. The Hall–Kier alpha value is -3.33. The molecule has 0 spiro atoms. The number of carbonyl (C=O) groups excluding carboxylic acids is 1. The molecule has 0 N–H and O–H groups in total. The fourth-order valence-corrected chi connectivity index (χ4v) is 4.50. The molecule has 4 rings (SSSR count). The number of Topliss-reactive ketones (excluding diaryl/α,β-unsaturated/α-hetero) is 1. The fraction of sp³-hybridized carbons (Fsp3) is 0.238. The molecule has 9 heteroatoms. The zero-order valence-electron chi connectivity index (χ0n) is 16.0. The number of hydrogen-bond acceptors (Lipinski definition) is 7. The molecule has 2 heterocycles. The molecule has 152 valence electrons. The second kappa shape index (κ2) is 8.58. The van der Waals surface area contributed by atoms with E-state index in [4.69, 9.17) is 0 Å². The van der Waals surface area contributed by atoms with Crippen LogP contribution in [0.25, 0.3) is 0 Å². The van der Waals surface area contributed by atoms with Crippen molar-refractivity contribution in [2.75, 3.05) is 5.75 Å². The molecule has 0 aliphatic heterocycles. The van der Waals surface area contributed by atoms with E-state index in [0.717, 1.165) is 36.1 Å². The Morgan fingerprint density at radius 3 is 2.57 bits per heavy atom. The minimum atomic E-state index is -0.503. The van der Waals surface area contributed by atoms with Gasteiger partial charge in [0.2, 0.25) is 0 Å². The summed E-state index contributed by atoms with van der Waals surface area (Å²) in [5.41, 5.74) is 3.02. The van der Waals surface area contributed by atoms with Crippen molar-refractivity contribution in [1.82, 2.24) is 14.5 Å². The normalized spacial score (nSPS) is 12.5. The molecule has 0 saturated heterocycles. The number of benzene rings is 1. The Morgan fingerprint density at radius 2 is 1.87 bits per heavy atom. The first-order valence-corrected chi connectivity index (χ1v) is 10.4. The third kappa shape index (κ3) is 4.16. The molecule has 0 fully saturated rings. The average molecular weight is 422 g/mol. The summed E-state index contributed by atoms with van der Waals surface area (Å²) in [6.45, 7) is 0.448. The maximum absolute atomic E-state index is 12.7. The minimum Gasteiger partial charge on any atom is -0.293 e. The molecule has 0 radical (unpaired) electrons. The van der Waals surface area contributed by atoms with Crippen molar-refractivity contribution in [3.8, 4) is 0 Å². The second-order valence-electron chi connectivity index (χ2n) is 6.94. The summed E-state index contributed by atoms with van der Waals surface area (Å²) in [6.07, 6.45) is 5.97. The van der Waals surface area contributed by atoms with Gasteiger partial charge in [0.1, 0.15) is 5.03 Å². The zero-order valence-corrected chi connectivity index (χ0v) is 16.8. The van der Waals surface area contributed by atoms with Crippen molar-refractivity contribution < 1.29 is 9.72 Å². The number of carbonyl (C=O) groups is 1. The summed E-state index contributed by atoms with van der Waals surface area (Å²) >= 11 is 1.25. The summed E-state index contributed by atoms with van der Waals surface area (Å²) in [5, 5.41) is 11.4. The molecule has 0 amide bonds. The van der Waals surface area contributed by atoms with Crippen LogP contribution in [0, 0.1) is 10.1 Å². The Kier molecular flexibility index (Phi) is 5.71. The van der Waals surface area contributed by atoms with E-state index < -0.39 is 4.92 Å². The van der Waals surface area contributed by atoms with Crippen LogP contribution < -0.4 is 5.69 Å². The van der Waals surface area contributed by atoms with Crippen molar-refractivity contribution in [3.05, 3.63) is 91.8 Å². The topological polar surface area (TPSA) is 108 Å². The van der Waals surface area contributed by atoms with E-state index >= 15 is 0 Å². The maximum Gasteiger partial charge on any atom is 0.349 e. The first-order valence-electron chi connectivity index (χ1n) is 9.45. The van der Waals surface area contributed by atoms with Crippen LogP contribution >= 0.6 is 11.8 Å². The van der Waals surface area contributed by atoms with E-state index in [1.807, 2.05) is 12.1 Å². The lowest BCUT2D eigenvalue weighted by atomic mass is 10.1. The van der Waals surface area contributed by atoms with E-state index in [1.165, 1.54) is 36.0 Å². The van der Waals surface area contributed by atoms with Gasteiger partial charge in [-0.3, -0.25) is 24.5 Å².